The summed E-state index contributed by atoms with van der Waals surface area (Å²) in [6, 6.07) is -2.83. The Kier molecular flexibility index (Phi) is 23.0. The predicted octanol–water partition coefficient (Wildman–Crippen LogP) is 2.52. The lowest BCUT2D eigenvalue weighted by molar-refractivity contribution is -0.140. The van der Waals surface area contributed by atoms with Gasteiger partial charge in [-0.15, -0.1) is 11.8 Å². The Morgan fingerprint density at radius 2 is 1.55 bits per heavy atom. The molecule has 1 aliphatic heterocycles. The monoisotopic (exact) mass is 797 g/mol. The number of rotatable bonds is 28. The topological polar surface area (TPSA) is 201 Å². The summed E-state index contributed by atoms with van der Waals surface area (Å²) in [4.78, 5) is 70.1. The van der Waals surface area contributed by atoms with Crippen LogP contribution in [0.25, 0.3) is 0 Å². The van der Waals surface area contributed by atoms with Crippen LogP contribution in [-0.4, -0.2) is 134 Å². The van der Waals surface area contributed by atoms with E-state index in [9.17, 15) is 24.0 Å². The summed E-state index contributed by atoms with van der Waals surface area (Å²) in [7, 11) is 5.40. The van der Waals surface area contributed by atoms with Crippen LogP contribution in [0.15, 0.2) is 0 Å². The Morgan fingerprint density at radius 3 is 2.13 bits per heavy atom. The second-order valence-electron chi connectivity index (χ2n) is 15.9. The molecule has 8 N–H and O–H groups in total. The first kappa shape index (κ1) is 48.8. The molecule has 6 unspecified atom stereocenters. The highest BCUT2D eigenvalue weighted by Gasteiger charge is 2.58. The van der Waals surface area contributed by atoms with E-state index >= 15 is 0 Å². The maximum absolute atomic E-state index is 13.8. The van der Waals surface area contributed by atoms with Gasteiger partial charge in [-0.3, -0.25) is 19.2 Å². The van der Waals surface area contributed by atoms with Gasteiger partial charge in [0.2, 0.25) is 23.6 Å². The summed E-state index contributed by atoms with van der Waals surface area (Å²) >= 11 is 1.53. The number of carbonyl (C=O) groups excluding carboxylic acids is 5. The summed E-state index contributed by atoms with van der Waals surface area (Å²) < 4.78 is 5.88. The van der Waals surface area contributed by atoms with Crippen molar-refractivity contribution in [2.45, 2.75) is 158 Å². The van der Waals surface area contributed by atoms with Gasteiger partial charge in [-0.05, 0) is 72.1 Å². The summed E-state index contributed by atoms with van der Waals surface area (Å²) in [5, 5.41) is 11.7. The number of carbonyl (C=O) groups is 5. The van der Waals surface area contributed by atoms with Crippen molar-refractivity contribution in [3.8, 4) is 0 Å². The van der Waals surface area contributed by atoms with Gasteiger partial charge in [-0.1, -0.05) is 78.6 Å². The highest BCUT2D eigenvalue weighted by atomic mass is 32.2. The van der Waals surface area contributed by atoms with Crippen LogP contribution in [-0.2, 0) is 28.7 Å². The Labute approximate surface area is 335 Å². The van der Waals surface area contributed by atoms with E-state index in [1.807, 2.05) is 32.7 Å². The van der Waals surface area contributed by atoms with E-state index < -0.39 is 46.6 Å². The quantitative estimate of drug-likeness (QED) is 0.0294. The second kappa shape index (κ2) is 25.9. The predicted molar refractivity (Wildman–Crippen MR) is 221 cm³/mol. The lowest BCUT2D eigenvalue weighted by atomic mass is 9.91. The number of thioether (sulfide) groups is 1. The van der Waals surface area contributed by atoms with Crippen LogP contribution in [0, 0.1) is 11.8 Å². The molecular weight excluding hydrogens is 721 g/mol. The summed E-state index contributed by atoms with van der Waals surface area (Å²) in [6.45, 7) is 9.28. The molecule has 1 heterocycles. The molecule has 0 aromatic rings. The number of nitrogens with two attached hydrogens (primary N) is 2. The van der Waals surface area contributed by atoms with Crippen molar-refractivity contribution in [2.75, 3.05) is 53.9 Å². The fourth-order valence-corrected chi connectivity index (χ4v) is 9.06. The zero-order chi connectivity index (χ0) is 41.0. The first-order valence-electron chi connectivity index (χ1n) is 21.0. The fourth-order valence-electron chi connectivity index (χ4n) is 7.75. The van der Waals surface area contributed by atoms with E-state index in [0.29, 0.717) is 19.5 Å². The molecule has 318 valence electrons. The summed E-state index contributed by atoms with van der Waals surface area (Å²) in [6.07, 6.45) is 14.1. The van der Waals surface area contributed by atoms with Crippen LogP contribution >= 0.6 is 11.8 Å². The maximum Gasteiger partial charge on any atom is 0.244 e. The molecule has 14 nitrogen and oxygen atoms in total. The van der Waals surface area contributed by atoms with Gasteiger partial charge in [0.1, 0.15) is 23.1 Å². The molecule has 8 atom stereocenters. The molecule has 1 aliphatic carbocycles. The molecule has 15 heteroatoms. The molecule has 0 spiro atoms. The first-order chi connectivity index (χ1) is 26.3. The number of unbranched alkanes of at least 4 members (excludes halogenated alkanes) is 3. The van der Waals surface area contributed by atoms with Crippen LogP contribution in [0.3, 0.4) is 0 Å². The minimum atomic E-state index is -1.02. The molecule has 2 fully saturated rings. The summed E-state index contributed by atoms with van der Waals surface area (Å²) in [5.74, 6) is -1.52. The Balaban J connectivity index is 2.11. The van der Waals surface area contributed by atoms with Gasteiger partial charge in [-0.2, -0.15) is 0 Å². The molecule has 0 aromatic heterocycles. The average molecular weight is 797 g/mol. The molecule has 0 radical (unpaired) electrons. The third kappa shape index (κ3) is 15.9. The van der Waals surface area contributed by atoms with E-state index in [0.717, 1.165) is 89.8 Å². The first-order valence-corrected chi connectivity index (χ1v) is 21.9. The second-order valence-corrected chi connectivity index (χ2v) is 17.4. The van der Waals surface area contributed by atoms with Crippen molar-refractivity contribution in [1.29, 1.82) is 0 Å². The minimum absolute atomic E-state index is 0.0605. The number of hydrogen-bond donors (Lipinski definition) is 6. The molecule has 4 amide bonds. The number of nitrogens with one attached hydrogen (secondary N) is 4. The molecule has 1 saturated carbocycles. The normalized spacial score (nSPS) is 22.0. The van der Waals surface area contributed by atoms with Gasteiger partial charge in [0.05, 0.1) is 30.0 Å². The largest absolute Gasteiger partial charge is 0.375 e. The zero-order valence-corrected chi connectivity index (χ0v) is 35.9. The molecule has 0 bridgehead atoms. The number of hydrogen-bond acceptors (Lipinski definition) is 11. The molecule has 55 heavy (non-hydrogen) atoms. The van der Waals surface area contributed by atoms with Crippen LogP contribution in [0.5, 0.6) is 0 Å². The van der Waals surface area contributed by atoms with E-state index in [4.69, 9.17) is 16.2 Å². The lowest BCUT2D eigenvalue weighted by Crippen LogP contribution is -2.61. The highest BCUT2D eigenvalue weighted by molar-refractivity contribution is 8.09. The van der Waals surface area contributed by atoms with Crippen LogP contribution in [0.4, 0.5) is 0 Å². The van der Waals surface area contributed by atoms with Gasteiger partial charge in [0, 0.05) is 26.2 Å². The Morgan fingerprint density at radius 1 is 0.891 bits per heavy atom. The van der Waals surface area contributed by atoms with Crippen molar-refractivity contribution < 1.29 is 28.7 Å². The minimum Gasteiger partial charge on any atom is -0.375 e. The Bertz CT molecular complexity index is 1180. The third-order valence-corrected chi connectivity index (χ3v) is 12.8. The van der Waals surface area contributed by atoms with Crippen molar-refractivity contribution in [3.63, 3.8) is 0 Å². The van der Waals surface area contributed by atoms with E-state index in [1.165, 1.54) is 11.8 Å². The molecule has 1 saturated heterocycles. The van der Waals surface area contributed by atoms with Gasteiger partial charge < -0.3 is 52.1 Å². The SMILES string of the molecule is CCCCCC[C@@H](OC[C@@H](C)NC(=O)C(CN(C)CCCN)NC(=O)C(CN)NC(=O)C(NC)C1CCCCCC1)C(C)C(=O)N(C)C1SC1(C=O)CCC. The fraction of sp³-hybridized carbons (Fsp3) is 0.875. The standard InChI is InChI=1S/C40H76N8O6S/c1-8-10-11-16-20-33(29(4)38(53)48(7)39-40(27-49,55-39)21-9-2)54-26-28(3)44-36(51)32(25-47(6)23-17-22-41)46-35(50)31(24-42)45-37(52)34(43-5)30-18-14-12-13-15-19-30/h27-34,39,43H,8-26,41-42H2,1-7H3,(H,44,51)(H,45,52)(H,46,50)/t28-,29?,31?,32?,33-,34?,39?,40?/m1/s1. The van der Waals surface area contributed by atoms with E-state index in [1.54, 1.807) is 19.0 Å². The molecule has 0 aromatic carbocycles. The van der Waals surface area contributed by atoms with Crippen molar-refractivity contribution >= 4 is 41.7 Å². The molecular formula is C40H76N8O6S. The van der Waals surface area contributed by atoms with Crippen molar-refractivity contribution in [3.05, 3.63) is 0 Å². The van der Waals surface area contributed by atoms with Crippen molar-refractivity contribution in [1.82, 2.24) is 31.1 Å². The number of ether oxygens (including phenoxy) is 1. The van der Waals surface area contributed by atoms with Gasteiger partial charge in [0.15, 0.2) is 0 Å². The summed E-state index contributed by atoms with van der Waals surface area (Å²) in [5.41, 5.74) is 11.8. The third-order valence-electron chi connectivity index (χ3n) is 11.2. The van der Waals surface area contributed by atoms with E-state index in [2.05, 4.69) is 28.2 Å². The van der Waals surface area contributed by atoms with Crippen molar-refractivity contribution in [2.24, 2.45) is 23.3 Å². The number of aldehydes is 1. The van der Waals surface area contributed by atoms with Crippen LogP contribution in [0.2, 0.25) is 0 Å². The van der Waals surface area contributed by atoms with Crippen LogP contribution in [0.1, 0.15) is 118 Å². The number of likely N-dealkylation sites (N-methyl/N-ethyl adjacent to an activating group) is 2. The zero-order valence-electron chi connectivity index (χ0n) is 35.0. The van der Waals surface area contributed by atoms with E-state index in [-0.39, 0.29) is 48.9 Å². The van der Waals surface area contributed by atoms with Gasteiger partial charge >= 0.3 is 0 Å². The lowest BCUT2D eigenvalue weighted by Gasteiger charge is -2.30. The van der Waals surface area contributed by atoms with Gasteiger partial charge in [0.25, 0.3) is 0 Å². The average Bonchev–Trinajstić information content (AvgIpc) is 3.95. The van der Waals surface area contributed by atoms with Gasteiger partial charge in [-0.25, -0.2) is 0 Å². The molecule has 2 rings (SSSR count). The molecule has 2 aliphatic rings. The highest BCUT2D eigenvalue weighted by Crippen LogP contribution is 2.56. The Hall–Kier alpha value is -2.30. The number of amides is 4. The van der Waals surface area contributed by atoms with Crippen LogP contribution < -0.4 is 32.7 Å². The number of nitrogens with zero attached hydrogens (tertiary/aromatic N) is 2. The maximum atomic E-state index is 13.8. The smallest absolute Gasteiger partial charge is 0.244 e.